The average Bonchev–Trinajstić information content (AvgIpc) is 2.94. The molecule has 0 saturated heterocycles. The van der Waals surface area contributed by atoms with Crippen molar-refractivity contribution < 1.29 is 9.59 Å². The highest BCUT2D eigenvalue weighted by atomic mass is 32.1. The van der Waals surface area contributed by atoms with Gasteiger partial charge in [-0.1, -0.05) is 48.1 Å². The summed E-state index contributed by atoms with van der Waals surface area (Å²) in [6.07, 6.45) is 2.92. The Kier molecular flexibility index (Phi) is 4.66. The molecule has 23 heavy (non-hydrogen) atoms. The molecule has 7 heteroatoms. The first-order chi connectivity index (χ1) is 11.1. The lowest BCUT2D eigenvalue weighted by Crippen LogP contribution is -2.45. The predicted octanol–water partition coefficient (Wildman–Crippen LogP) is 2.45. The minimum Gasteiger partial charge on any atom is -0.344 e. The third-order valence-electron chi connectivity index (χ3n) is 3.90. The molecule has 2 aromatic rings. The van der Waals surface area contributed by atoms with Gasteiger partial charge >= 0.3 is 0 Å². The fourth-order valence-electron chi connectivity index (χ4n) is 2.25. The van der Waals surface area contributed by atoms with Gasteiger partial charge in [-0.2, -0.15) is 0 Å². The lowest BCUT2D eigenvalue weighted by molar-refractivity contribution is -0.130. The molecule has 0 bridgehead atoms. The summed E-state index contributed by atoms with van der Waals surface area (Å²) in [6.45, 7) is 1.67. The molecule has 1 heterocycles. The smallest absolute Gasteiger partial charge is 0.248 e. The van der Waals surface area contributed by atoms with Crippen LogP contribution in [0.4, 0.5) is 5.13 Å². The molecule has 3 rings (SSSR count). The first kappa shape index (κ1) is 15.6. The Labute approximate surface area is 138 Å². The second kappa shape index (κ2) is 6.87. The number of rotatable bonds is 5. The van der Waals surface area contributed by atoms with Crippen LogP contribution in [0.1, 0.15) is 26.2 Å². The topological polar surface area (TPSA) is 84.0 Å². The maximum absolute atomic E-state index is 12.1. The first-order valence-corrected chi connectivity index (χ1v) is 8.45. The molecule has 1 aromatic heterocycles. The number of nitrogens with zero attached hydrogens (tertiary/aromatic N) is 2. The van der Waals surface area contributed by atoms with Crippen LogP contribution in [0, 0.1) is 5.92 Å². The van der Waals surface area contributed by atoms with Gasteiger partial charge in [-0.15, -0.1) is 10.2 Å². The highest BCUT2D eigenvalue weighted by molar-refractivity contribution is 7.18. The highest BCUT2D eigenvalue weighted by Gasteiger charge is 2.27. The molecule has 6 nitrogen and oxygen atoms in total. The number of hydrogen-bond donors (Lipinski definition) is 2. The molecule has 1 saturated carbocycles. The van der Waals surface area contributed by atoms with E-state index in [0.717, 1.165) is 29.8 Å². The Morgan fingerprint density at radius 1 is 1.22 bits per heavy atom. The van der Waals surface area contributed by atoms with Crippen LogP contribution >= 0.6 is 11.3 Å². The third kappa shape index (κ3) is 3.73. The standard InChI is InChI=1S/C16H18N4O2S/c1-10(17-14(22)11-8-5-9-11)13(21)18-16-20-19-15(23-16)12-6-3-2-4-7-12/h2-4,6-7,10-11H,5,8-9H2,1H3,(H,17,22)(H,18,20,21). The van der Waals surface area contributed by atoms with Crippen molar-refractivity contribution in [2.45, 2.75) is 32.2 Å². The average molecular weight is 330 g/mol. The molecule has 0 radical (unpaired) electrons. The van der Waals surface area contributed by atoms with Gasteiger partial charge in [-0.05, 0) is 19.8 Å². The summed E-state index contributed by atoms with van der Waals surface area (Å²) in [6, 6.07) is 9.06. The minimum absolute atomic E-state index is 0.0406. The number of hydrogen-bond acceptors (Lipinski definition) is 5. The van der Waals surface area contributed by atoms with Gasteiger partial charge in [0.1, 0.15) is 11.0 Å². The van der Waals surface area contributed by atoms with E-state index in [1.165, 1.54) is 11.3 Å². The molecule has 1 unspecified atom stereocenters. The van der Waals surface area contributed by atoms with Crippen LogP contribution in [-0.4, -0.2) is 28.1 Å². The molecule has 1 aliphatic rings. The Hall–Kier alpha value is -2.28. The van der Waals surface area contributed by atoms with Crippen LogP contribution in [0.15, 0.2) is 30.3 Å². The number of carbonyl (C=O) groups is 2. The predicted molar refractivity (Wildman–Crippen MR) is 88.9 cm³/mol. The van der Waals surface area contributed by atoms with Gasteiger partial charge < -0.3 is 5.32 Å². The van der Waals surface area contributed by atoms with Crippen molar-refractivity contribution in [3.8, 4) is 10.6 Å². The Morgan fingerprint density at radius 3 is 2.61 bits per heavy atom. The molecule has 0 spiro atoms. The van der Waals surface area contributed by atoms with E-state index in [0.29, 0.717) is 5.13 Å². The summed E-state index contributed by atoms with van der Waals surface area (Å²) < 4.78 is 0. The summed E-state index contributed by atoms with van der Waals surface area (Å²) in [5.41, 5.74) is 0.955. The quantitative estimate of drug-likeness (QED) is 0.882. The van der Waals surface area contributed by atoms with E-state index in [1.54, 1.807) is 6.92 Å². The summed E-state index contributed by atoms with van der Waals surface area (Å²) in [4.78, 5) is 24.0. The summed E-state index contributed by atoms with van der Waals surface area (Å²) in [5, 5.41) is 14.7. The van der Waals surface area contributed by atoms with Crippen LogP contribution in [0.25, 0.3) is 10.6 Å². The zero-order chi connectivity index (χ0) is 16.2. The fraction of sp³-hybridized carbons (Fsp3) is 0.375. The fourth-order valence-corrected chi connectivity index (χ4v) is 3.00. The van der Waals surface area contributed by atoms with E-state index in [4.69, 9.17) is 0 Å². The SMILES string of the molecule is CC(NC(=O)C1CCC1)C(=O)Nc1nnc(-c2ccccc2)s1. The van der Waals surface area contributed by atoms with Gasteiger partial charge in [0.25, 0.3) is 0 Å². The number of aromatic nitrogens is 2. The molecular formula is C16H18N4O2S. The van der Waals surface area contributed by atoms with Crippen molar-refractivity contribution in [3.63, 3.8) is 0 Å². The Bertz CT molecular complexity index is 697. The second-order valence-corrected chi connectivity index (χ2v) is 6.60. The normalized spacial score (nSPS) is 15.5. The van der Waals surface area contributed by atoms with Crippen molar-refractivity contribution in [1.82, 2.24) is 15.5 Å². The monoisotopic (exact) mass is 330 g/mol. The van der Waals surface area contributed by atoms with Crippen LogP contribution in [0.2, 0.25) is 0 Å². The molecule has 1 aliphatic carbocycles. The molecule has 1 fully saturated rings. The summed E-state index contributed by atoms with van der Waals surface area (Å²) in [5.74, 6) is -0.258. The van der Waals surface area contributed by atoms with Crippen molar-refractivity contribution in [2.24, 2.45) is 5.92 Å². The van der Waals surface area contributed by atoms with Gasteiger partial charge in [0, 0.05) is 11.5 Å². The second-order valence-electron chi connectivity index (χ2n) is 5.63. The summed E-state index contributed by atoms with van der Waals surface area (Å²) >= 11 is 1.31. The molecular weight excluding hydrogens is 312 g/mol. The van der Waals surface area contributed by atoms with E-state index in [2.05, 4.69) is 20.8 Å². The highest BCUT2D eigenvalue weighted by Crippen LogP contribution is 2.27. The minimum atomic E-state index is -0.591. The van der Waals surface area contributed by atoms with Crippen molar-refractivity contribution in [2.75, 3.05) is 5.32 Å². The first-order valence-electron chi connectivity index (χ1n) is 7.63. The van der Waals surface area contributed by atoms with Crippen LogP contribution in [0.5, 0.6) is 0 Å². The Morgan fingerprint density at radius 2 is 1.96 bits per heavy atom. The number of carbonyl (C=O) groups excluding carboxylic acids is 2. The van der Waals surface area contributed by atoms with E-state index < -0.39 is 6.04 Å². The molecule has 120 valence electrons. The van der Waals surface area contributed by atoms with Gasteiger partial charge in [-0.3, -0.25) is 14.9 Å². The van der Waals surface area contributed by atoms with Crippen molar-refractivity contribution in [3.05, 3.63) is 30.3 Å². The molecule has 0 aliphatic heterocycles. The molecule has 2 N–H and O–H groups in total. The number of nitrogens with one attached hydrogen (secondary N) is 2. The van der Waals surface area contributed by atoms with E-state index in [9.17, 15) is 9.59 Å². The lowest BCUT2D eigenvalue weighted by atomic mass is 9.84. The maximum atomic E-state index is 12.1. The van der Waals surface area contributed by atoms with Crippen LogP contribution < -0.4 is 10.6 Å². The zero-order valence-corrected chi connectivity index (χ0v) is 13.6. The molecule has 1 atom stereocenters. The van der Waals surface area contributed by atoms with Crippen LogP contribution in [-0.2, 0) is 9.59 Å². The lowest BCUT2D eigenvalue weighted by Gasteiger charge is -2.25. The molecule has 2 amide bonds. The van der Waals surface area contributed by atoms with E-state index in [-0.39, 0.29) is 17.7 Å². The van der Waals surface area contributed by atoms with E-state index in [1.807, 2.05) is 30.3 Å². The van der Waals surface area contributed by atoms with Crippen molar-refractivity contribution in [1.29, 1.82) is 0 Å². The number of anilines is 1. The van der Waals surface area contributed by atoms with Crippen molar-refractivity contribution >= 4 is 28.3 Å². The van der Waals surface area contributed by atoms with Gasteiger partial charge in [0.05, 0.1) is 0 Å². The number of benzene rings is 1. The maximum Gasteiger partial charge on any atom is 0.248 e. The third-order valence-corrected chi connectivity index (χ3v) is 4.79. The largest absolute Gasteiger partial charge is 0.344 e. The van der Waals surface area contributed by atoms with Gasteiger partial charge in [0.15, 0.2) is 0 Å². The van der Waals surface area contributed by atoms with E-state index >= 15 is 0 Å². The molecule has 1 aromatic carbocycles. The van der Waals surface area contributed by atoms with Gasteiger partial charge in [0.2, 0.25) is 16.9 Å². The van der Waals surface area contributed by atoms with Gasteiger partial charge in [-0.25, -0.2) is 0 Å². The number of amides is 2. The summed E-state index contributed by atoms with van der Waals surface area (Å²) in [7, 11) is 0. The Balaban J connectivity index is 1.57. The zero-order valence-electron chi connectivity index (χ0n) is 12.8. The van der Waals surface area contributed by atoms with Crippen LogP contribution in [0.3, 0.4) is 0 Å².